The van der Waals surface area contributed by atoms with Crippen molar-refractivity contribution in [1.29, 1.82) is 0 Å². The third kappa shape index (κ3) is 3.55. The molecule has 28 heavy (non-hydrogen) atoms. The number of carbonyl (C=O) groups excluding carboxylic acids is 1. The van der Waals surface area contributed by atoms with E-state index in [0.29, 0.717) is 37.2 Å². The van der Waals surface area contributed by atoms with Gasteiger partial charge < -0.3 is 25.2 Å². The molecule has 148 valence electrons. The summed E-state index contributed by atoms with van der Waals surface area (Å²) in [5.41, 5.74) is 0.317. The lowest BCUT2D eigenvalue weighted by atomic mass is 9.89. The van der Waals surface area contributed by atoms with Crippen molar-refractivity contribution in [2.45, 2.75) is 31.0 Å². The minimum atomic E-state index is -1.40. The molecule has 3 N–H and O–H groups in total. The van der Waals surface area contributed by atoms with Crippen LogP contribution in [0.4, 0.5) is 15.8 Å². The van der Waals surface area contributed by atoms with E-state index in [1.54, 1.807) is 0 Å². The van der Waals surface area contributed by atoms with Gasteiger partial charge in [-0.1, -0.05) is 18.2 Å². The Morgan fingerprint density at radius 1 is 1.21 bits per heavy atom. The zero-order chi connectivity index (χ0) is 19.7. The van der Waals surface area contributed by atoms with E-state index in [4.69, 9.17) is 4.74 Å². The van der Waals surface area contributed by atoms with E-state index in [0.717, 1.165) is 5.69 Å². The second-order valence-corrected chi connectivity index (χ2v) is 7.39. The van der Waals surface area contributed by atoms with Crippen LogP contribution in [0.25, 0.3) is 0 Å². The lowest BCUT2D eigenvalue weighted by molar-refractivity contribution is -0.116. The molecule has 0 bridgehead atoms. The van der Waals surface area contributed by atoms with Crippen LogP contribution in [0, 0.1) is 5.82 Å². The van der Waals surface area contributed by atoms with Gasteiger partial charge in [-0.25, -0.2) is 4.39 Å². The van der Waals surface area contributed by atoms with Crippen LogP contribution < -0.4 is 15.0 Å². The molecule has 0 aromatic heterocycles. The van der Waals surface area contributed by atoms with E-state index in [9.17, 15) is 19.4 Å². The van der Waals surface area contributed by atoms with E-state index >= 15 is 0 Å². The number of halogens is 1. The Kier molecular flexibility index (Phi) is 4.95. The largest absolute Gasteiger partial charge is 0.490 e. The van der Waals surface area contributed by atoms with Crippen LogP contribution >= 0.6 is 0 Å². The predicted octanol–water partition coefficient (Wildman–Crippen LogP) is 2.09. The van der Waals surface area contributed by atoms with Crippen LogP contribution in [0.3, 0.4) is 0 Å². The summed E-state index contributed by atoms with van der Waals surface area (Å²) in [5, 5.41) is 24.0. The van der Waals surface area contributed by atoms with Gasteiger partial charge in [0, 0.05) is 30.8 Å². The predicted molar refractivity (Wildman–Crippen MR) is 103 cm³/mol. The summed E-state index contributed by atoms with van der Waals surface area (Å²) in [5.74, 6) is -0.321. The molecule has 0 aliphatic carbocycles. The lowest BCUT2D eigenvalue weighted by Crippen LogP contribution is -2.58. The highest BCUT2D eigenvalue weighted by Crippen LogP contribution is 2.35. The number of aliphatic hydroxyl groups excluding tert-OH is 1. The number of para-hydroxylation sites is 1. The van der Waals surface area contributed by atoms with Crippen molar-refractivity contribution >= 4 is 17.3 Å². The number of aliphatic hydroxyl groups is 2. The van der Waals surface area contributed by atoms with Gasteiger partial charge >= 0.3 is 0 Å². The van der Waals surface area contributed by atoms with Crippen molar-refractivity contribution in [2.75, 3.05) is 29.9 Å². The maximum Gasteiger partial charge on any atom is 0.224 e. The van der Waals surface area contributed by atoms with Crippen LogP contribution in [-0.4, -0.2) is 47.5 Å². The molecule has 0 radical (unpaired) electrons. The molecule has 0 spiro atoms. The molecular weight excluding hydrogens is 363 g/mol. The fourth-order valence-electron chi connectivity index (χ4n) is 3.77. The number of fused-ring (bicyclic) bond motifs is 1. The SMILES string of the molecule is O=C1CCc2c(OC[C@]3(O)CCN(c4ccccc4)C[C@H]3O)ccc(F)c2N1. The summed E-state index contributed by atoms with van der Waals surface area (Å²) in [6.07, 6.45) is -0.0243. The summed E-state index contributed by atoms with van der Waals surface area (Å²) in [4.78, 5) is 13.6. The monoisotopic (exact) mass is 386 g/mol. The van der Waals surface area contributed by atoms with Crippen molar-refractivity contribution < 1.29 is 24.1 Å². The highest BCUT2D eigenvalue weighted by molar-refractivity contribution is 5.94. The Balaban J connectivity index is 1.45. The van der Waals surface area contributed by atoms with Gasteiger partial charge in [-0.15, -0.1) is 0 Å². The van der Waals surface area contributed by atoms with Crippen LogP contribution in [0.5, 0.6) is 5.75 Å². The average Bonchev–Trinajstić information content (AvgIpc) is 2.71. The van der Waals surface area contributed by atoms with Crippen LogP contribution in [0.2, 0.25) is 0 Å². The number of β-amino-alcohol motifs (C(OH)–C–C–N with tert-alkyl or cyclic N) is 1. The lowest BCUT2D eigenvalue weighted by Gasteiger charge is -2.42. The number of benzene rings is 2. The number of rotatable bonds is 4. The van der Waals surface area contributed by atoms with Gasteiger partial charge in [0.05, 0.1) is 5.69 Å². The normalized spacial score (nSPS) is 24.5. The Morgan fingerprint density at radius 3 is 2.75 bits per heavy atom. The maximum absolute atomic E-state index is 14.0. The maximum atomic E-state index is 14.0. The van der Waals surface area contributed by atoms with Gasteiger partial charge in [0.2, 0.25) is 5.91 Å². The molecular formula is C21H23FN2O4. The second kappa shape index (κ2) is 7.41. The number of carbonyl (C=O) groups is 1. The summed E-state index contributed by atoms with van der Waals surface area (Å²) in [6, 6.07) is 12.5. The fraction of sp³-hybridized carbons (Fsp3) is 0.381. The minimum Gasteiger partial charge on any atom is -0.490 e. The molecule has 2 atom stereocenters. The Labute approximate surface area is 162 Å². The number of hydrogen-bond acceptors (Lipinski definition) is 5. The Bertz CT molecular complexity index is 876. The second-order valence-electron chi connectivity index (χ2n) is 7.39. The van der Waals surface area contributed by atoms with Gasteiger partial charge in [-0.05, 0) is 37.1 Å². The quantitative estimate of drug-likeness (QED) is 0.750. The molecule has 2 aromatic carbocycles. The fourth-order valence-corrected chi connectivity index (χ4v) is 3.77. The number of anilines is 2. The van der Waals surface area contributed by atoms with Gasteiger partial charge in [0.25, 0.3) is 0 Å². The highest BCUT2D eigenvalue weighted by atomic mass is 19.1. The third-order valence-electron chi connectivity index (χ3n) is 5.51. The molecule has 1 saturated heterocycles. The average molecular weight is 386 g/mol. The number of hydrogen-bond donors (Lipinski definition) is 3. The first-order valence-electron chi connectivity index (χ1n) is 9.41. The molecule has 4 rings (SSSR count). The van der Waals surface area contributed by atoms with E-state index in [2.05, 4.69) is 5.32 Å². The van der Waals surface area contributed by atoms with Crippen LogP contribution in [0.15, 0.2) is 42.5 Å². The summed E-state index contributed by atoms with van der Waals surface area (Å²) in [6.45, 7) is 0.767. The van der Waals surface area contributed by atoms with Crippen molar-refractivity contribution in [3.05, 3.63) is 53.8 Å². The van der Waals surface area contributed by atoms with Gasteiger partial charge in [-0.3, -0.25) is 4.79 Å². The first-order chi connectivity index (χ1) is 13.5. The molecule has 7 heteroatoms. The van der Waals surface area contributed by atoms with Crippen LogP contribution in [0.1, 0.15) is 18.4 Å². The van der Waals surface area contributed by atoms with Crippen molar-refractivity contribution in [3.8, 4) is 5.75 Å². The van der Waals surface area contributed by atoms with E-state index < -0.39 is 17.5 Å². The Morgan fingerprint density at radius 2 is 2.00 bits per heavy atom. The third-order valence-corrected chi connectivity index (χ3v) is 5.51. The minimum absolute atomic E-state index is 0.108. The molecule has 0 saturated carbocycles. The van der Waals surface area contributed by atoms with Gasteiger partial charge in [-0.2, -0.15) is 0 Å². The van der Waals surface area contributed by atoms with Crippen LogP contribution in [-0.2, 0) is 11.2 Å². The molecule has 1 fully saturated rings. The molecule has 0 unspecified atom stereocenters. The Hall–Kier alpha value is -2.64. The summed E-state index contributed by atoms with van der Waals surface area (Å²) in [7, 11) is 0. The molecule has 1 amide bonds. The van der Waals surface area contributed by atoms with Gasteiger partial charge in [0.15, 0.2) is 0 Å². The molecule has 6 nitrogen and oxygen atoms in total. The zero-order valence-electron chi connectivity index (χ0n) is 15.4. The number of ether oxygens (including phenoxy) is 1. The van der Waals surface area contributed by atoms with E-state index in [1.165, 1.54) is 12.1 Å². The highest BCUT2D eigenvalue weighted by Gasteiger charge is 2.42. The van der Waals surface area contributed by atoms with Crippen molar-refractivity contribution in [2.24, 2.45) is 0 Å². The molecule has 2 aliphatic rings. The van der Waals surface area contributed by atoms with E-state index in [1.807, 2.05) is 35.2 Å². The van der Waals surface area contributed by atoms with Crippen molar-refractivity contribution in [3.63, 3.8) is 0 Å². The smallest absolute Gasteiger partial charge is 0.224 e. The molecule has 2 heterocycles. The number of nitrogens with zero attached hydrogens (tertiary/aromatic N) is 1. The first-order valence-corrected chi connectivity index (χ1v) is 9.41. The first kappa shape index (κ1) is 18.7. The summed E-state index contributed by atoms with van der Waals surface area (Å²) < 4.78 is 19.8. The standard InChI is InChI=1S/C21H23FN2O4/c22-16-7-8-17(15-6-9-19(26)23-20(15)16)28-13-21(27)10-11-24(12-18(21)25)14-4-2-1-3-5-14/h1-5,7-8,18,25,27H,6,9-13H2,(H,23,26)/t18-,21-/m1/s1. The number of piperidine rings is 1. The van der Waals surface area contributed by atoms with Crippen molar-refractivity contribution in [1.82, 2.24) is 0 Å². The molecule has 2 aliphatic heterocycles. The van der Waals surface area contributed by atoms with E-state index in [-0.39, 0.29) is 24.6 Å². The topological polar surface area (TPSA) is 82.0 Å². The number of amides is 1. The van der Waals surface area contributed by atoms with Gasteiger partial charge in [0.1, 0.15) is 29.9 Å². The molecule has 2 aromatic rings. The summed E-state index contributed by atoms with van der Waals surface area (Å²) >= 11 is 0. The number of nitrogens with one attached hydrogen (secondary N) is 1. The zero-order valence-corrected chi connectivity index (χ0v) is 15.4.